The van der Waals surface area contributed by atoms with Gasteiger partial charge in [-0.2, -0.15) is 0 Å². The van der Waals surface area contributed by atoms with Crippen molar-refractivity contribution in [3.8, 4) is 0 Å². The largest absolute Gasteiger partial charge is 0.481 e. The Morgan fingerprint density at radius 3 is 2.63 bits per heavy atom. The third kappa shape index (κ3) is 3.26. The van der Waals surface area contributed by atoms with Crippen LogP contribution in [0.15, 0.2) is 6.33 Å². The quantitative estimate of drug-likeness (QED) is 0.817. The maximum atomic E-state index is 12.5. The van der Waals surface area contributed by atoms with Gasteiger partial charge >= 0.3 is 5.97 Å². The maximum absolute atomic E-state index is 12.5. The average molecular weight is 388 g/mol. The molecule has 0 radical (unpaired) electrons. The van der Waals surface area contributed by atoms with E-state index in [-0.39, 0.29) is 18.4 Å². The number of anilines is 1. The highest BCUT2D eigenvalue weighted by molar-refractivity contribution is 7.18. The minimum atomic E-state index is -0.799. The normalized spacial score (nSPS) is 19.3. The summed E-state index contributed by atoms with van der Waals surface area (Å²) in [5, 5.41) is 13.2. The molecule has 2 fully saturated rings. The van der Waals surface area contributed by atoms with Crippen molar-refractivity contribution in [1.29, 1.82) is 0 Å². The summed E-state index contributed by atoms with van der Waals surface area (Å²) in [5.74, 6) is 0.0846. The molecule has 4 rings (SSSR count). The van der Waals surface area contributed by atoms with Crippen LogP contribution in [-0.2, 0) is 9.59 Å². The number of nitrogens with zero attached hydrogens (tertiary/aromatic N) is 3. The highest BCUT2D eigenvalue weighted by Crippen LogP contribution is 2.45. The Morgan fingerprint density at radius 2 is 2.00 bits per heavy atom. The number of hydrogen-bond acceptors (Lipinski definition) is 6. The van der Waals surface area contributed by atoms with Gasteiger partial charge in [0, 0.05) is 30.4 Å². The van der Waals surface area contributed by atoms with E-state index in [0.29, 0.717) is 12.8 Å². The molecule has 2 aromatic heterocycles. The fraction of sp³-hybridized carbons (Fsp3) is 0.579. The predicted molar refractivity (Wildman–Crippen MR) is 104 cm³/mol. The summed E-state index contributed by atoms with van der Waals surface area (Å²) in [7, 11) is 0. The number of hydrogen-bond donors (Lipinski definition) is 2. The Labute approximate surface area is 161 Å². The van der Waals surface area contributed by atoms with Crippen LogP contribution < -0.4 is 10.2 Å². The lowest BCUT2D eigenvalue weighted by molar-refractivity contribution is -0.143. The van der Waals surface area contributed by atoms with Crippen molar-refractivity contribution >= 4 is 39.2 Å². The number of carbonyl (C=O) groups excluding carboxylic acids is 1. The summed E-state index contributed by atoms with van der Waals surface area (Å²) >= 11 is 1.69. The van der Waals surface area contributed by atoms with Crippen molar-refractivity contribution in [1.82, 2.24) is 15.3 Å². The first-order chi connectivity index (χ1) is 12.9. The van der Waals surface area contributed by atoms with Gasteiger partial charge < -0.3 is 15.3 Å². The van der Waals surface area contributed by atoms with E-state index in [0.717, 1.165) is 42.0 Å². The number of aromatic nitrogens is 2. The Kier molecular flexibility index (Phi) is 4.53. The molecular weight excluding hydrogens is 364 g/mol. The molecule has 0 bridgehead atoms. The van der Waals surface area contributed by atoms with Crippen molar-refractivity contribution < 1.29 is 14.7 Å². The van der Waals surface area contributed by atoms with E-state index in [1.54, 1.807) is 17.7 Å². The molecule has 3 heterocycles. The number of fused-ring (bicyclic) bond motifs is 1. The third-order valence-corrected chi connectivity index (χ3v) is 7.13. The van der Waals surface area contributed by atoms with E-state index in [2.05, 4.69) is 34.0 Å². The molecule has 1 saturated carbocycles. The van der Waals surface area contributed by atoms with E-state index < -0.39 is 11.4 Å². The van der Waals surface area contributed by atoms with Gasteiger partial charge in [0.05, 0.1) is 10.8 Å². The molecule has 0 atom stereocenters. The monoisotopic (exact) mass is 388 g/mol. The van der Waals surface area contributed by atoms with Gasteiger partial charge in [0.15, 0.2) is 0 Å². The number of amides is 1. The first-order valence-electron chi connectivity index (χ1n) is 9.38. The Morgan fingerprint density at radius 1 is 1.30 bits per heavy atom. The molecule has 1 aliphatic heterocycles. The number of carboxylic acid groups (broad SMARTS) is 1. The van der Waals surface area contributed by atoms with E-state index in [4.69, 9.17) is 0 Å². The Hall–Kier alpha value is -2.22. The zero-order chi connectivity index (χ0) is 19.2. The van der Waals surface area contributed by atoms with E-state index in [1.807, 2.05) is 0 Å². The molecule has 0 unspecified atom stereocenters. The lowest BCUT2D eigenvalue weighted by Gasteiger charge is -2.32. The summed E-state index contributed by atoms with van der Waals surface area (Å²) in [6.45, 7) is 6.00. The SMILES string of the molecule is Cc1sc2ncnc(N3CCC(C(=O)NCC4(C(=O)O)CC4)CC3)c2c1C. The Balaban J connectivity index is 1.39. The molecule has 1 saturated heterocycles. The summed E-state index contributed by atoms with van der Waals surface area (Å²) < 4.78 is 0. The number of thiophene rings is 1. The van der Waals surface area contributed by atoms with Crippen LogP contribution >= 0.6 is 11.3 Å². The number of aryl methyl sites for hydroxylation is 2. The molecule has 8 heteroatoms. The molecule has 27 heavy (non-hydrogen) atoms. The first kappa shape index (κ1) is 18.2. The number of piperidine rings is 1. The molecule has 144 valence electrons. The van der Waals surface area contributed by atoms with Gasteiger partial charge in [0.25, 0.3) is 0 Å². The van der Waals surface area contributed by atoms with Gasteiger partial charge in [-0.1, -0.05) is 0 Å². The fourth-order valence-corrected chi connectivity index (χ4v) is 4.77. The topological polar surface area (TPSA) is 95.4 Å². The lowest BCUT2D eigenvalue weighted by atomic mass is 9.95. The highest BCUT2D eigenvalue weighted by atomic mass is 32.1. The standard InChI is InChI=1S/C19H24N4O3S/c1-11-12(2)27-17-14(11)15(21-10-22-17)23-7-3-13(4-8-23)16(24)20-9-19(5-6-19)18(25)26/h10,13H,3-9H2,1-2H3,(H,20,24)(H,25,26). The molecular formula is C19H24N4O3S. The van der Waals surface area contributed by atoms with Crippen LogP contribution in [-0.4, -0.2) is 46.6 Å². The van der Waals surface area contributed by atoms with Crippen molar-refractivity contribution in [3.63, 3.8) is 0 Å². The molecule has 0 aromatic carbocycles. The van der Waals surface area contributed by atoms with Crippen LogP contribution in [0.1, 0.15) is 36.1 Å². The van der Waals surface area contributed by atoms with Gasteiger partial charge in [-0.3, -0.25) is 9.59 Å². The molecule has 2 N–H and O–H groups in total. The zero-order valence-electron chi connectivity index (χ0n) is 15.6. The van der Waals surface area contributed by atoms with Gasteiger partial charge in [0.1, 0.15) is 17.0 Å². The van der Waals surface area contributed by atoms with Crippen LogP contribution in [0.3, 0.4) is 0 Å². The van der Waals surface area contributed by atoms with E-state index in [9.17, 15) is 14.7 Å². The number of carboxylic acids is 1. The van der Waals surface area contributed by atoms with Crippen LogP contribution in [0.25, 0.3) is 10.2 Å². The molecule has 2 aliphatic rings. The van der Waals surface area contributed by atoms with Gasteiger partial charge in [0.2, 0.25) is 5.91 Å². The second kappa shape index (κ2) is 6.74. The van der Waals surface area contributed by atoms with Crippen LogP contribution in [0.4, 0.5) is 5.82 Å². The number of nitrogens with one attached hydrogen (secondary N) is 1. The molecule has 1 amide bonds. The van der Waals surface area contributed by atoms with Crippen LogP contribution in [0.2, 0.25) is 0 Å². The van der Waals surface area contributed by atoms with Crippen LogP contribution in [0, 0.1) is 25.2 Å². The van der Waals surface area contributed by atoms with Crippen molar-refractivity contribution in [2.24, 2.45) is 11.3 Å². The van der Waals surface area contributed by atoms with Crippen molar-refractivity contribution in [2.75, 3.05) is 24.5 Å². The molecule has 7 nitrogen and oxygen atoms in total. The molecule has 1 aliphatic carbocycles. The minimum absolute atomic E-state index is 0.0161. The van der Waals surface area contributed by atoms with Crippen LogP contribution in [0.5, 0.6) is 0 Å². The second-order valence-corrected chi connectivity index (χ2v) is 8.93. The van der Waals surface area contributed by atoms with Gasteiger partial charge in [-0.05, 0) is 45.1 Å². The molecule has 2 aromatic rings. The van der Waals surface area contributed by atoms with E-state index >= 15 is 0 Å². The maximum Gasteiger partial charge on any atom is 0.311 e. The predicted octanol–water partition coefficient (Wildman–Crippen LogP) is 2.51. The smallest absolute Gasteiger partial charge is 0.311 e. The number of carbonyl (C=O) groups is 2. The number of aliphatic carboxylic acids is 1. The summed E-state index contributed by atoms with van der Waals surface area (Å²) in [4.78, 5) is 37.1. The summed E-state index contributed by atoms with van der Waals surface area (Å²) in [6.07, 6.45) is 4.43. The lowest BCUT2D eigenvalue weighted by Crippen LogP contribution is -2.43. The van der Waals surface area contributed by atoms with Gasteiger partial charge in [-0.15, -0.1) is 11.3 Å². The highest BCUT2D eigenvalue weighted by Gasteiger charge is 2.50. The average Bonchev–Trinajstić information content (AvgIpc) is 3.41. The third-order valence-electron chi connectivity index (χ3n) is 6.02. The van der Waals surface area contributed by atoms with E-state index in [1.165, 1.54) is 10.4 Å². The minimum Gasteiger partial charge on any atom is -0.481 e. The van der Waals surface area contributed by atoms with Gasteiger partial charge in [-0.25, -0.2) is 9.97 Å². The summed E-state index contributed by atoms with van der Waals surface area (Å²) in [6, 6.07) is 0. The Bertz CT molecular complexity index is 898. The summed E-state index contributed by atoms with van der Waals surface area (Å²) in [5.41, 5.74) is 0.519. The van der Waals surface area contributed by atoms with Crippen molar-refractivity contribution in [3.05, 3.63) is 16.8 Å². The zero-order valence-corrected chi connectivity index (χ0v) is 16.4. The second-order valence-electron chi connectivity index (χ2n) is 7.73. The molecule has 0 spiro atoms. The number of rotatable bonds is 5. The fourth-order valence-electron chi connectivity index (χ4n) is 3.77. The van der Waals surface area contributed by atoms with Crippen molar-refractivity contribution in [2.45, 2.75) is 39.5 Å². The first-order valence-corrected chi connectivity index (χ1v) is 10.2.